The molecule has 0 aromatic carbocycles. The van der Waals surface area contributed by atoms with E-state index in [0.29, 0.717) is 45.4 Å². The second-order valence-corrected chi connectivity index (χ2v) is 16.2. The third kappa shape index (κ3) is 4.44. The molecule has 1 amide bonds. The quantitative estimate of drug-likeness (QED) is 0.374. The van der Waals surface area contributed by atoms with Crippen molar-refractivity contribution in [3.63, 3.8) is 0 Å². The molecule has 1 N–H and O–H groups in total. The summed E-state index contributed by atoms with van der Waals surface area (Å²) in [5.74, 6) is -6.90. The number of carbonyl (C=O) groups is 4. The van der Waals surface area contributed by atoms with E-state index in [1.54, 1.807) is 19.1 Å². The van der Waals surface area contributed by atoms with E-state index in [-0.39, 0.29) is 41.0 Å². The van der Waals surface area contributed by atoms with Crippen molar-refractivity contribution in [2.75, 3.05) is 6.61 Å². The summed E-state index contributed by atoms with van der Waals surface area (Å²) in [4.78, 5) is 52.8. The molecule has 8 atom stereocenters. The Balaban J connectivity index is 1.65. The predicted octanol–water partition coefficient (Wildman–Crippen LogP) is 6.27. The molecule has 5 aliphatic rings. The van der Waals surface area contributed by atoms with E-state index in [9.17, 15) is 33.2 Å². The number of fused-ring (bicyclic) bond motifs is 7. The fourth-order valence-corrected chi connectivity index (χ4v) is 10.4. The summed E-state index contributed by atoms with van der Waals surface area (Å²) in [5.41, 5.74) is -3.19. The number of halogens is 2. The zero-order valence-electron chi connectivity index (χ0n) is 27.3. The van der Waals surface area contributed by atoms with Gasteiger partial charge in [0.2, 0.25) is 0 Å². The lowest BCUT2D eigenvalue weighted by molar-refractivity contribution is -0.171. The summed E-state index contributed by atoms with van der Waals surface area (Å²) >= 11 is 0. The van der Waals surface area contributed by atoms with Crippen LogP contribution in [0.1, 0.15) is 100 Å². The van der Waals surface area contributed by atoms with Gasteiger partial charge in [-0.3, -0.25) is 19.2 Å². The van der Waals surface area contributed by atoms with Crippen LogP contribution in [0.2, 0.25) is 0 Å². The lowest BCUT2D eigenvalue weighted by atomic mass is 9.35. The topological polar surface area (TPSA) is 113 Å². The summed E-state index contributed by atoms with van der Waals surface area (Å²) in [6, 6.07) is 2.08. The Bertz CT molecular complexity index is 1440. The van der Waals surface area contributed by atoms with Crippen LogP contribution in [-0.4, -0.2) is 41.5 Å². The van der Waals surface area contributed by atoms with E-state index >= 15 is 0 Å². The number of alkyl halides is 2. The highest BCUT2D eigenvalue weighted by atomic mass is 19.3. The molecule has 240 valence electrons. The van der Waals surface area contributed by atoms with Gasteiger partial charge in [-0.25, -0.2) is 0 Å². The Labute approximate surface area is 259 Å². The van der Waals surface area contributed by atoms with Crippen LogP contribution >= 0.6 is 0 Å². The van der Waals surface area contributed by atoms with Crippen LogP contribution in [0.4, 0.5) is 8.78 Å². The number of allylic oxidation sites excluding steroid dienone is 4. The number of ketones is 2. The Morgan fingerprint density at radius 3 is 2.30 bits per heavy atom. The van der Waals surface area contributed by atoms with E-state index in [1.807, 2.05) is 6.92 Å². The lowest BCUT2D eigenvalue weighted by Gasteiger charge is -2.69. The number of rotatable bonds is 4. The van der Waals surface area contributed by atoms with E-state index in [4.69, 9.17) is 4.74 Å². The zero-order valence-corrected chi connectivity index (χ0v) is 27.3. The van der Waals surface area contributed by atoms with Gasteiger partial charge in [0.15, 0.2) is 11.6 Å². The fourth-order valence-electron chi connectivity index (χ4n) is 10.4. The van der Waals surface area contributed by atoms with Crippen LogP contribution in [-0.2, 0) is 23.9 Å². The van der Waals surface area contributed by atoms with Crippen LogP contribution in [0.3, 0.4) is 0 Å². The first kappa shape index (κ1) is 32.5. The standard InChI is InChI=1S/C35H46F2N2O5/c1-20(40)44-19-31(5)24-9-10-32(6)25(30(24,4)16-21(18-38)27(31)42)15-23(41)26-22-17-29(2,3)11-13-35(22,14-12-33(26,32)7)39-28(43)34(8,36)37/h15-16,22,24,26H,9-14,17,19H2,1-8H3,(H,39,43)/t22?,24?,26?,30-,31-,32+,33+,35-/m0/s1. The van der Waals surface area contributed by atoms with Gasteiger partial charge in [-0.1, -0.05) is 46.3 Å². The summed E-state index contributed by atoms with van der Waals surface area (Å²) in [7, 11) is 0. The maximum absolute atomic E-state index is 14.6. The van der Waals surface area contributed by atoms with Crippen molar-refractivity contribution in [1.82, 2.24) is 5.32 Å². The number of ether oxygens (including phenoxy) is 1. The van der Waals surface area contributed by atoms with Gasteiger partial charge in [0.05, 0.1) is 11.0 Å². The molecule has 3 unspecified atom stereocenters. The first-order valence-electron chi connectivity index (χ1n) is 15.9. The van der Waals surface area contributed by atoms with Gasteiger partial charge >= 0.3 is 11.9 Å². The molecule has 9 heteroatoms. The van der Waals surface area contributed by atoms with E-state index in [2.05, 4.69) is 39.1 Å². The zero-order chi connectivity index (χ0) is 32.9. The Kier molecular flexibility index (Phi) is 7.24. The summed E-state index contributed by atoms with van der Waals surface area (Å²) in [5, 5.41) is 12.8. The molecule has 0 bridgehead atoms. The van der Waals surface area contributed by atoms with Gasteiger partial charge in [-0.2, -0.15) is 14.0 Å². The largest absolute Gasteiger partial charge is 0.465 e. The Hall–Kier alpha value is -2.89. The van der Waals surface area contributed by atoms with Gasteiger partial charge < -0.3 is 10.1 Å². The number of amides is 1. The minimum absolute atomic E-state index is 0.00294. The number of carbonyl (C=O) groups excluding carboxylic acids is 4. The molecule has 7 nitrogen and oxygen atoms in total. The highest BCUT2D eigenvalue weighted by Crippen LogP contribution is 2.73. The van der Waals surface area contributed by atoms with Crippen molar-refractivity contribution in [1.29, 1.82) is 5.26 Å². The Morgan fingerprint density at radius 1 is 1.07 bits per heavy atom. The average Bonchev–Trinajstić information content (AvgIpc) is 2.91. The predicted molar refractivity (Wildman–Crippen MR) is 159 cm³/mol. The van der Waals surface area contributed by atoms with Gasteiger partial charge in [0.1, 0.15) is 12.7 Å². The molecule has 3 saturated carbocycles. The maximum atomic E-state index is 14.6. The van der Waals surface area contributed by atoms with Crippen LogP contribution < -0.4 is 5.32 Å². The Morgan fingerprint density at radius 2 is 1.70 bits per heavy atom. The maximum Gasteiger partial charge on any atom is 0.321 e. The number of esters is 1. The first-order valence-corrected chi connectivity index (χ1v) is 15.9. The molecule has 0 saturated heterocycles. The highest BCUT2D eigenvalue weighted by molar-refractivity contribution is 6.05. The molecule has 0 radical (unpaired) electrons. The molecule has 0 aromatic rings. The number of nitriles is 1. The SMILES string of the molecule is CC(=O)OC[C@]1(C)C(=O)C(C#N)=C[C@]2(C)C3=CC(=O)C4C5CC(C)(C)CC[C@]5(NC(=O)C(C)(F)F)CC[C@@]4(C)[C@]3(C)CCC21. The first-order chi connectivity index (χ1) is 20.1. The van der Waals surface area contributed by atoms with Crippen molar-refractivity contribution < 1.29 is 32.7 Å². The van der Waals surface area contributed by atoms with Crippen molar-refractivity contribution in [2.45, 2.75) is 112 Å². The van der Waals surface area contributed by atoms with Gasteiger partial charge in [-0.05, 0) is 86.0 Å². The van der Waals surface area contributed by atoms with Crippen molar-refractivity contribution in [3.05, 3.63) is 23.3 Å². The molecule has 3 fully saturated rings. The number of nitrogens with zero attached hydrogens (tertiary/aromatic N) is 1. The van der Waals surface area contributed by atoms with Crippen LogP contribution in [0.15, 0.2) is 23.3 Å². The van der Waals surface area contributed by atoms with Crippen molar-refractivity contribution in [2.24, 2.45) is 44.8 Å². The molecule has 0 spiro atoms. The van der Waals surface area contributed by atoms with Crippen molar-refractivity contribution in [3.8, 4) is 6.07 Å². The molecule has 0 aromatic heterocycles. The van der Waals surface area contributed by atoms with Gasteiger partial charge in [0.25, 0.3) is 5.91 Å². The van der Waals surface area contributed by atoms with Crippen LogP contribution in [0, 0.1) is 56.2 Å². The van der Waals surface area contributed by atoms with Crippen molar-refractivity contribution >= 4 is 23.4 Å². The molecule has 0 aliphatic heterocycles. The highest BCUT2D eigenvalue weighted by Gasteiger charge is 2.70. The number of nitrogens with one attached hydrogen (secondary N) is 1. The average molecular weight is 613 g/mol. The van der Waals surface area contributed by atoms with Crippen LogP contribution in [0.25, 0.3) is 0 Å². The summed E-state index contributed by atoms with van der Waals surface area (Å²) in [6.07, 6.45) is 7.69. The summed E-state index contributed by atoms with van der Waals surface area (Å²) in [6.45, 7) is 14.1. The number of hydrogen-bond donors (Lipinski definition) is 1. The number of hydrogen-bond acceptors (Lipinski definition) is 6. The van der Waals surface area contributed by atoms with Gasteiger partial charge in [-0.15, -0.1) is 0 Å². The van der Waals surface area contributed by atoms with E-state index < -0.39 is 50.9 Å². The molecule has 44 heavy (non-hydrogen) atoms. The molecular weight excluding hydrogens is 566 g/mol. The molecular formula is C35H46F2N2O5. The minimum atomic E-state index is -3.53. The fraction of sp³-hybridized carbons (Fsp3) is 0.743. The lowest BCUT2D eigenvalue weighted by Crippen LogP contribution is -2.70. The van der Waals surface area contributed by atoms with E-state index in [0.717, 1.165) is 12.0 Å². The van der Waals surface area contributed by atoms with Gasteiger partial charge in [0, 0.05) is 30.7 Å². The van der Waals surface area contributed by atoms with E-state index in [1.165, 1.54) is 6.92 Å². The summed E-state index contributed by atoms with van der Waals surface area (Å²) < 4.78 is 33.9. The molecule has 5 aliphatic carbocycles. The molecule has 5 rings (SSSR count). The normalized spacial score (nSPS) is 42.7. The second kappa shape index (κ2) is 9.80. The third-order valence-corrected chi connectivity index (χ3v) is 13.0. The van der Waals surface area contributed by atoms with Crippen LogP contribution in [0.5, 0.6) is 0 Å². The smallest absolute Gasteiger partial charge is 0.321 e. The third-order valence-electron chi connectivity index (χ3n) is 13.0. The minimum Gasteiger partial charge on any atom is -0.465 e. The molecule has 0 heterocycles. The monoisotopic (exact) mass is 612 g/mol. The number of Topliss-reactive ketones (excluding diaryl/α,β-unsaturated/α-hetero) is 1. The second-order valence-electron chi connectivity index (χ2n) is 16.2.